The predicted molar refractivity (Wildman–Crippen MR) is 94.0 cm³/mol. The highest BCUT2D eigenvalue weighted by Gasteiger charge is 2.12. The number of para-hydroxylation sites is 1. The average molecular weight is 351 g/mol. The molecule has 0 spiro atoms. The summed E-state index contributed by atoms with van der Waals surface area (Å²) in [5.41, 5.74) is 2.56. The molecule has 0 atom stereocenters. The van der Waals surface area contributed by atoms with E-state index in [0.717, 1.165) is 15.9 Å². The van der Waals surface area contributed by atoms with Gasteiger partial charge in [-0.25, -0.2) is 4.79 Å². The molecule has 1 amide bonds. The number of hydrogen-bond donors (Lipinski definition) is 1. The fraction of sp³-hybridized carbons (Fsp3) is 0.167. The average Bonchev–Trinajstić information content (AvgIpc) is 3.10. The van der Waals surface area contributed by atoms with Crippen molar-refractivity contribution in [3.8, 4) is 11.4 Å². The molecule has 0 radical (unpaired) electrons. The predicted octanol–water partition coefficient (Wildman–Crippen LogP) is 1.83. The van der Waals surface area contributed by atoms with Crippen LogP contribution in [-0.4, -0.2) is 38.7 Å². The molecule has 1 N–H and O–H groups in total. The molecule has 0 unspecified atom stereocenters. The van der Waals surface area contributed by atoms with E-state index in [2.05, 4.69) is 20.7 Å². The topological polar surface area (TPSA) is 99.0 Å². The molecule has 0 saturated heterocycles. The number of carbonyl (C=O) groups is 2. The molecule has 1 aromatic heterocycles. The molecule has 26 heavy (non-hydrogen) atoms. The Bertz CT molecular complexity index is 891. The van der Waals surface area contributed by atoms with Crippen LogP contribution >= 0.6 is 0 Å². The van der Waals surface area contributed by atoms with Crippen molar-refractivity contribution in [2.45, 2.75) is 13.5 Å². The van der Waals surface area contributed by atoms with E-state index in [9.17, 15) is 9.59 Å². The van der Waals surface area contributed by atoms with Crippen molar-refractivity contribution in [2.24, 2.45) is 0 Å². The maximum atomic E-state index is 11.8. The highest BCUT2D eigenvalue weighted by molar-refractivity contribution is 5.92. The van der Waals surface area contributed by atoms with Crippen molar-refractivity contribution in [2.75, 3.05) is 11.9 Å². The Labute approximate surface area is 149 Å². The molecule has 132 valence electrons. The first kappa shape index (κ1) is 17.3. The summed E-state index contributed by atoms with van der Waals surface area (Å²) in [6.07, 6.45) is 0. The molecule has 3 rings (SSSR count). The molecular weight excluding hydrogens is 334 g/mol. The van der Waals surface area contributed by atoms with Crippen LogP contribution < -0.4 is 5.32 Å². The van der Waals surface area contributed by atoms with Gasteiger partial charge in [0.05, 0.1) is 0 Å². The number of tetrazole rings is 1. The van der Waals surface area contributed by atoms with Crippen LogP contribution in [0.3, 0.4) is 0 Å². The first-order valence-corrected chi connectivity index (χ1v) is 7.95. The van der Waals surface area contributed by atoms with Gasteiger partial charge in [0, 0.05) is 11.3 Å². The number of amides is 1. The number of esters is 1. The number of aromatic nitrogens is 4. The summed E-state index contributed by atoms with van der Waals surface area (Å²) in [4.78, 5) is 24.7. The van der Waals surface area contributed by atoms with Crippen LogP contribution in [0.4, 0.5) is 5.69 Å². The van der Waals surface area contributed by atoms with E-state index in [4.69, 9.17) is 4.74 Å². The zero-order valence-corrected chi connectivity index (χ0v) is 14.1. The molecule has 0 aliphatic heterocycles. The van der Waals surface area contributed by atoms with Crippen LogP contribution in [0.15, 0.2) is 54.6 Å². The van der Waals surface area contributed by atoms with E-state index >= 15 is 0 Å². The molecule has 2 aromatic carbocycles. The Balaban J connectivity index is 1.49. The number of ether oxygens (including phenoxy) is 1. The first-order valence-electron chi connectivity index (χ1n) is 7.95. The number of nitrogens with zero attached hydrogens (tertiary/aromatic N) is 4. The summed E-state index contributed by atoms with van der Waals surface area (Å²) in [7, 11) is 0. The lowest BCUT2D eigenvalue weighted by molar-refractivity contribution is -0.148. The summed E-state index contributed by atoms with van der Waals surface area (Å²) >= 11 is 0. The van der Waals surface area contributed by atoms with E-state index < -0.39 is 11.9 Å². The summed E-state index contributed by atoms with van der Waals surface area (Å²) in [6.45, 7) is 1.38. The second-order valence-corrected chi connectivity index (χ2v) is 5.58. The van der Waals surface area contributed by atoms with Gasteiger partial charge >= 0.3 is 5.97 Å². The van der Waals surface area contributed by atoms with E-state index in [1.54, 1.807) is 24.3 Å². The molecule has 3 aromatic rings. The van der Waals surface area contributed by atoms with Gasteiger partial charge in [-0.15, -0.1) is 10.2 Å². The van der Waals surface area contributed by atoms with Crippen molar-refractivity contribution >= 4 is 17.6 Å². The largest absolute Gasteiger partial charge is 0.454 e. The highest BCUT2D eigenvalue weighted by atomic mass is 16.5. The summed E-state index contributed by atoms with van der Waals surface area (Å²) in [5, 5.41) is 14.5. The third kappa shape index (κ3) is 4.73. The van der Waals surface area contributed by atoms with E-state index in [-0.39, 0.29) is 13.2 Å². The van der Waals surface area contributed by atoms with Gasteiger partial charge in [-0.3, -0.25) is 4.79 Å². The van der Waals surface area contributed by atoms with Gasteiger partial charge in [0.15, 0.2) is 13.2 Å². The second-order valence-electron chi connectivity index (χ2n) is 5.58. The molecule has 0 aliphatic rings. The van der Waals surface area contributed by atoms with Crippen molar-refractivity contribution in [3.63, 3.8) is 0 Å². The second kappa shape index (κ2) is 8.02. The van der Waals surface area contributed by atoms with Crippen molar-refractivity contribution in [3.05, 3.63) is 60.2 Å². The summed E-state index contributed by atoms with van der Waals surface area (Å²) < 4.78 is 4.93. The minimum absolute atomic E-state index is 0.225. The molecule has 1 heterocycles. The quantitative estimate of drug-likeness (QED) is 0.680. The molecular formula is C18H17N5O3. The van der Waals surface area contributed by atoms with Gasteiger partial charge in [0.1, 0.15) is 0 Å². The maximum Gasteiger partial charge on any atom is 0.330 e. The van der Waals surface area contributed by atoms with Crippen LogP contribution in [0, 0.1) is 6.92 Å². The molecule has 8 nitrogen and oxygen atoms in total. The normalized spacial score (nSPS) is 10.3. The first-order chi connectivity index (χ1) is 12.6. The fourth-order valence-electron chi connectivity index (χ4n) is 2.15. The third-order valence-corrected chi connectivity index (χ3v) is 3.45. The smallest absolute Gasteiger partial charge is 0.330 e. The number of rotatable bonds is 6. The Morgan fingerprint density at radius 1 is 1.08 bits per heavy atom. The summed E-state index contributed by atoms with van der Waals surface area (Å²) in [5.74, 6) is -0.628. The minimum atomic E-state index is -0.624. The standard InChI is InChI=1S/C18H17N5O3/c1-13-7-9-14(10-8-13)18-20-22-23(21-18)11-17(25)26-12-16(24)19-15-5-3-2-4-6-15/h2-10H,11-12H2,1H3,(H,19,24). The van der Waals surface area contributed by atoms with Crippen molar-refractivity contribution < 1.29 is 14.3 Å². The van der Waals surface area contributed by atoms with Gasteiger partial charge in [-0.2, -0.15) is 4.80 Å². The van der Waals surface area contributed by atoms with E-state index in [1.165, 1.54) is 0 Å². The highest BCUT2D eigenvalue weighted by Crippen LogP contribution is 2.13. The Morgan fingerprint density at radius 2 is 1.81 bits per heavy atom. The maximum absolute atomic E-state index is 11.8. The number of anilines is 1. The molecule has 0 saturated carbocycles. The Kier molecular flexibility index (Phi) is 5.33. The van der Waals surface area contributed by atoms with E-state index in [1.807, 2.05) is 37.3 Å². The van der Waals surface area contributed by atoms with Crippen LogP contribution in [0.25, 0.3) is 11.4 Å². The van der Waals surface area contributed by atoms with Crippen molar-refractivity contribution in [1.82, 2.24) is 20.2 Å². The zero-order valence-electron chi connectivity index (χ0n) is 14.1. The van der Waals surface area contributed by atoms with Gasteiger partial charge < -0.3 is 10.1 Å². The monoisotopic (exact) mass is 351 g/mol. The van der Waals surface area contributed by atoms with E-state index in [0.29, 0.717) is 11.5 Å². The Hall–Kier alpha value is -3.55. The number of carbonyl (C=O) groups excluding carboxylic acids is 2. The van der Waals surface area contributed by atoms with Crippen LogP contribution in [0.2, 0.25) is 0 Å². The lowest BCUT2D eigenvalue weighted by atomic mass is 10.1. The number of nitrogens with one attached hydrogen (secondary N) is 1. The van der Waals surface area contributed by atoms with Crippen LogP contribution in [0.1, 0.15) is 5.56 Å². The van der Waals surface area contributed by atoms with Crippen LogP contribution in [-0.2, 0) is 20.9 Å². The Morgan fingerprint density at radius 3 is 2.54 bits per heavy atom. The SMILES string of the molecule is Cc1ccc(-c2nnn(CC(=O)OCC(=O)Nc3ccccc3)n2)cc1. The lowest BCUT2D eigenvalue weighted by Crippen LogP contribution is -2.23. The molecule has 8 heteroatoms. The number of benzene rings is 2. The third-order valence-electron chi connectivity index (χ3n) is 3.45. The lowest BCUT2D eigenvalue weighted by Gasteiger charge is -2.06. The van der Waals surface area contributed by atoms with Crippen LogP contribution in [0.5, 0.6) is 0 Å². The van der Waals surface area contributed by atoms with Gasteiger partial charge in [0.2, 0.25) is 5.82 Å². The zero-order chi connectivity index (χ0) is 18.4. The number of aryl methyl sites for hydroxylation is 1. The summed E-state index contributed by atoms with van der Waals surface area (Å²) in [6, 6.07) is 16.5. The molecule has 0 fully saturated rings. The van der Waals surface area contributed by atoms with Crippen molar-refractivity contribution in [1.29, 1.82) is 0 Å². The van der Waals surface area contributed by atoms with Gasteiger partial charge in [-0.1, -0.05) is 48.0 Å². The van der Waals surface area contributed by atoms with Gasteiger partial charge in [-0.05, 0) is 24.3 Å². The fourth-order valence-corrected chi connectivity index (χ4v) is 2.15. The van der Waals surface area contributed by atoms with Gasteiger partial charge in [0.25, 0.3) is 5.91 Å². The number of hydrogen-bond acceptors (Lipinski definition) is 6. The molecule has 0 bridgehead atoms. The minimum Gasteiger partial charge on any atom is -0.454 e. The molecule has 0 aliphatic carbocycles.